The molecule has 0 heterocycles. The fraction of sp³-hybridized carbons (Fsp3) is 0.588. The highest BCUT2D eigenvalue weighted by Gasteiger charge is 2.52. The van der Waals surface area contributed by atoms with E-state index in [-0.39, 0.29) is 11.4 Å². The van der Waals surface area contributed by atoms with Crippen LogP contribution in [0.1, 0.15) is 45.1 Å². The van der Waals surface area contributed by atoms with E-state index < -0.39 is 5.54 Å². The zero-order valence-electron chi connectivity index (χ0n) is 12.7. The lowest BCUT2D eigenvalue weighted by atomic mass is 9.63. The normalized spacial score (nSPS) is 25.1. The van der Waals surface area contributed by atoms with E-state index >= 15 is 0 Å². The maximum atomic E-state index is 12.4. The summed E-state index contributed by atoms with van der Waals surface area (Å²) in [5, 5.41) is 3.52. The first-order chi connectivity index (χ1) is 9.52. The molecule has 3 heteroatoms. The van der Waals surface area contributed by atoms with Crippen molar-refractivity contribution in [3.63, 3.8) is 0 Å². The van der Waals surface area contributed by atoms with Gasteiger partial charge in [0, 0.05) is 6.54 Å². The number of methoxy groups -OCH3 is 1. The Kier molecular flexibility index (Phi) is 4.48. The van der Waals surface area contributed by atoms with Crippen LogP contribution >= 0.6 is 0 Å². The molecule has 1 aliphatic rings. The number of rotatable bonds is 4. The maximum Gasteiger partial charge on any atom is 0.326 e. The smallest absolute Gasteiger partial charge is 0.326 e. The molecule has 0 saturated heterocycles. The van der Waals surface area contributed by atoms with Crippen LogP contribution in [0.15, 0.2) is 30.3 Å². The van der Waals surface area contributed by atoms with Gasteiger partial charge in [-0.2, -0.15) is 0 Å². The average Bonchev–Trinajstić information content (AvgIpc) is 2.46. The minimum Gasteiger partial charge on any atom is -0.468 e. The Hall–Kier alpha value is -1.35. The molecule has 2 rings (SSSR count). The van der Waals surface area contributed by atoms with Gasteiger partial charge in [-0.3, -0.25) is 10.1 Å². The molecule has 3 nitrogen and oxygen atoms in total. The molecular formula is C17H25NO2. The number of hydrogen-bond donors (Lipinski definition) is 1. The summed E-state index contributed by atoms with van der Waals surface area (Å²) in [5.74, 6) is -0.127. The van der Waals surface area contributed by atoms with E-state index in [4.69, 9.17) is 4.74 Å². The summed E-state index contributed by atoms with van der Waals surface area (Å²) in [5.41, 5.74) is 0.528. The summed E-state index contributed by atoms with van der Waals surface area (Å²) in [7, 11) is 1.49. The standard InChI is InChI=1S/C17H25NO2/c1-16(2)11-7-8-12-17(16,15(19)20-3)18-13-14-9-5-4-6-10-14/h4-6,9-10,18H,7-8,11-13H2,1-3H3. The monoisotopic (exact) mass is 275 g/mol. The van der Waals surface area contributed by atoms with Gasteiger partial charge in [-0.15, -0.1) is 0 Å². The van der Waals surface area contributed by atoms with Crippen LogP contribution in [0.2, 0.25) is 0 Å². The van der Waals surface area contributed by atoms with Crippen LogP contribution < -0.4 is 5.32 Å². The topological polar surface area (TPSA) is 38.3 Å². The van der Waals surface area contributed by atoms with E-state index in [1.54, 1.807) is 0 Å². The second-order valence-corrected chi connectivity index (χ2v) is 6.33. The first-order valence-corrected chi connectivity index (χ1v) is 7.39. The summed E-state index contributed by atoms with van der Waals surface area (Å²) in [6.07, 6.45) is 4.14. The molecule has 1 saturated carbocycles. The molecule has 1 unspecified atom stereocenters. The number of benzene rings is 1. The van der Waals surface area contributed by atoms with Crippen molar-refractivity contribution in [2.45, 2.75) is 51.6 Å². The minimum atomic E-state index is -0.574. The van der Waals surface area contributed by atoms with E-state index in [1.165, 1.54) is 19.1 Å². The van der Waals surface area contributed by atoms with E-state index in [1.807, 2.05) is 18.2 Å². The largest absolute Gasteiger partial charge is 0.468 e. The zero-order chi connectivity index (χ0) is 14.6. The lowest BCUT2D eigenvalue weighted by molar-refractivity contribution is -0.157. The lowest BCUT2D eigenvalue weighted by Crippen LogP contribution is -2.63. The molecule has 1 aromatic carbocycles. The highest BCUT2D eigenvalue weighted by molar-refractivity contribution is 5.82. The quantitative estimate of drug-likeness (QED) is 0.857. The van der Waals surface area contributed by atoms with Crippen molar-refractivity contribution in [2.24, 2.45) is 5.41 Å². The van der Waals surface area contributed by atoms with Gasteiger partial charge in [0.1, 0.15) is 5.54 Å². The van der Waals surface area contributed by atoms with E-state index in [9.17, 15) is 4.79 Å². The van der Waals surface area contributed by atoms with Crippen LogP contribution in [0, 0.1) is 5.41 Å². The fourth-order valence-corrected chi connectivity index (χ4v) is 3.31. The Morgan fingerprint density at radius 2 is 1.85 bits per heavy atom. The Labute approximate surface area is 121 Å². The zero-order valence-corrected chi connectivity index (χ0v) is 12.7. The molecule has 0 aromatic heterocycles. The first kappa shape index (κ1) is 15.0. The van der Waals surface area contributed by atoms with Crippen molar-refractivity contribution >= 4 is 5.97 Å². The third-order valence-electron chi connectivity index (χ3n) is 4.73. The van der Waals surface area contributed by atoms with Crippen LogP contribution in [-0.4, -0.2) is 18.6 Å². The Bertz CT molecular complexity index is 455. The van der Waals surface area contributed by atoms with Gasteiger partial charge in [0.15, 0.2) is 0 Å². The number of esters is 1. The van der Waals surface area contributed by atoms with Gasteiger partial charge in [-0.25, -0.2) is 0 Å². The molecule has 0 spiro atoms. The van der Waals surface area contributed by atoms with E-state index in [0.717, 1.165) is 19.3 Å². The predicted molar refractivity (Wildman–Crippen MR) is 80.3 cm³/mol. The summed E-state index contributed by atoms with van der Waals surface area (Å²) in [6, 6.07) is 10.2. The predicted octanol–water partition coefficient (Wildman–Crippen LogP) is 3.29. The van der Waals surface area contributed by atoms with Crippen molar-refractivity contribution in [1.29, 1.82) is 0 Å². The summed E-state index contributed by atoms with van der Waals surface area (Å²) in [6.45, 7) is 5.03. The van der Waals surface area contributed by atoms with Gasteiger partial charge in [-0.1, -0.05) is 57.0 Å². The molecule has 0 bridgehead atoms. The van der Waals surface area contributed by atoms with Crippen LogP contribution in [0.3, 0.4) is 0 Å². The molecule has 110 valence electrons. The summed E-state index contributed by atoms with van der Waals surface area (Å²) in [4.78, 5) is 12.4. The molecule has 0 amide bonds. The second kappa shape index (κ2) is 5.96. The first-order valence-electron chi connectivity index (χ1n) is 7.39. The SMILES string of the molecule is COC(=O)C1(NCc2ccccc2)CCCCC1(C)C. The molecule has 1 N–H and O–H groups in total. The number of hydrogen-bond acceptors (Lipinski definition) is 3. The Morgan fingerprint density at radius 1 is 1.20 bits per heavy atom. The van der Waals surface area contributed by atoms with Gasteiger partial charge in [-0.05, 0) is 23.8 Å². The number of carbonyl (C=O) groups excluding carboxylic acids is 1. The van der Waals surface area contributed by atoms with Gasteiger partial charge < -0.3 is 4.74 Å². The number of nitrogens with one attached hydrogen (secondary N) is 1. The molecule has 0 radical (unpaired) electrons. The number of carbonyl (C=O) groups is 1. The van der Waals surface area contributed by atoms with Crippen LogP contribution in [0.4, 0.5) is 0 Å². The Balaban J connectivity index is 2.21. The summed E-state index contributed by atoms with van der Waals surface area (Å²) >= 11 is 0. The molecule has 1 aromatic rings. The fourth-order valence-electron chi connectivity index (χ4n) is 3.31. The molecule has 0 aliphatic heterocycles. The number of ether oxygens (including phenoxy) is 1. The van der Waals surface area contributed by atoms with Crippen molar-refractivity contribution in [2.75, 3.05) is 7.11 Å². The van der Waals surface area contributed by atoms with Gasteiger partial charge >= 0.3 is 5.97 Å². The van der Waals surface area contributed by atoms with Crippen LogP contribution in [0.5, 0.6) is 0 Å². The van der Waals surface area contributed by atoms with Crippen molar-refractivity contribution < 1.29 is 9.53 Å². The molecule has 1 atom stereocenters. The van der Waals surface area contributed by atoms with E-state index in [0.29, 0.717) is 6.54 Å². The average molecular weight is 275 g/mol. The molecular weight excluding hydrogens is 250 g/mol. The molecule has 1 aliphatic carbocycles. The minimum absolute atomic E-state index is 0.0902. The van der Waals surface area contributed by atoms with Crippen molar-refractivity contribution in [1.82, 2.24) is 5.32 Å². The van der Waals surface area contributed by atoms with Gasteiger partial charge in [0.05, 0.1) is 7.11 Å². The van der Waals surface area contributed by atoms with Crippen molar-refractivity contribution in [3.8, 4) is 0 Å². The van der Waals surface area contributed by atoms with Crippen LogP contribution in [-0.2, 0) is 16.1 Å². The summed E-state index contributed by atoms with van der Waals surface area (Å²) < 4.78 is 5.12. The Morgan fingerprint density at radius 3 is 2.45 bits per heavy atom. The van der Waals surface area contributed by atoms with Gasteiger partial charge in [0.2, 0.25) is 0 Å². The molecule has 20 heavy (non-hydrogen) atoms. The second-order valence-electron chi connectivity index (χ2n) is 6.33. The van der Waals surface area contributed by atoms with Gasteiger partial charge in [0.25, 0.3) is 0 Å². The third kappa shape index (κ3) is 2.73. The van der Waals surface area contributed by atoms with Crippen molar-refractivity contribution in [3.05, 3.63) is 35.9 Å². The lowest BCUT2D eigenvalue weighted by Gasteiger charge is -2.48. The van der Waals surface area contributed by atoms with E-state index in [2.05, 4.69) is 31.3 Å². The highest BCUT2D eigenvalue weighted by Crippen LogP contribution is 2.44. The third-order valence-corrected chi connectivity index (χ3v) is 4.73. The highest BCUT2D eigenvalue weighted by atomic mass is 16.5. The molecule has 1 fully saturated rings. The van der Waals surface area contributed by atoms with Crippen LogP contribution in [0.25, 0.3) is 0 Å². The maximum absolute atomic E-state index is 12.4.